The van der Waals surface area contributed by atoms with Crippen LogP contribution in [0, 0.1) is 0 Å². The highest BCUT2D eigenvalue weighted by Crippen LogP contribution is 2.38. The van der Waals surface area contributed by atoms with E-state index in [1.807, 2.05) is 0 Å². The van der Waals surface area contributed by atoms with Crippen molar-refractivity contribution in [3.8, 4) is 11.8 Å². The topological polar surface area (TPSA) is 108 Å². The number of imidazole rings is 1. The van der Waals surface area contributed by atoms with Crippen LogP contribution < -0.4 is 10.5 Å². The lowest BCUT2D eigenvalue weighted by Crippen LogP contribution is -2.14. The molecule has 8 nitrogen and oxygen atoms in total. The highest BCUT2D eigenvalue weighted by atomic mass is 35.5. The first-order chi connectivity index (χ1) is 13.8. The molecule has 1 aliphatic heterocycles. The predicted molar refractivity (Wildman–Crippen MR) is 96.5 cm³/mol. The summed E-state index contributed by atoms with van der Waals surface area (Å²) in [7, 11) is 0. The number of aliphatic hydroxyl groups is 1. The van der Waals surface area contributed by atoms with Crippen LogP contribution >= 0.6 is 11.6 Å². The monoisotopic (exact) mass is 429 g/mol. The van der Waals surface area contributed by atoms with Gasteiger partial charge in [-0.25, -0.2) is 4.98 Å². The fraction of sp³-hybridized carbons (Fsp3) is 0.353. The van der Waals surface area contributed by atoms with E-state index in [0.29, 0.717) is 24.0 Å². The van der Waals surface area contributed by atoms with E-state index in [1.54, 1.807) is 4.57 Å². The second-order valence-corrected chi connectivity index (χ2v) is 6.84. The molecule has 2 atom stereocenters. The van der Waals surface area contributed by atoms with Crippen LogP contribution in [0.2, 0.25) is 5.02 Å². The lowest BCUT2D eigenvalue weighted by Gasteiger charge is -2.14. The van der Waals surface area contributed by atoms with Crippen molar-refractivity contribution >= 4 is 28.6 Å². The van der Waals surface area contributed by atoms with Gasteiger partial charge in [0, 0.05) is 0 Å². The average Bonchev–Trinajstić information content (AvgIpc) is 3.29. The molecule has 1 aliphatic rings. The minimum atomic E-state index is -4.64. The summed E-state index contributed by atoms with van der Waals surface area (Å²) in [6, 6.07) is 2.86. The Morgan fingerprint density at radius 2 is 2.10 bits per heavy atom. The number of alkyl halides is 3. The molecule has 12 heteroatoms. The van der Waals surface area contributed by atoms with Gasteiger partial charge in [-0.2, -0.15) is 23.1 Å². The van der Waals surface area contributed by atoms with Crippen molar-refractivity contribution in [1.29, 1.82) is 0 Å². The number of nitrogen functional groups attached to an aromatic ring is 1. The zero-order chi connectivity index (χ0) is 20.8. The van der Waals surface area contributed by atoms with Gasteiger partial charge in [-0.05, 0) is 31.0 Å². The summed E-state index contributed by atoms with van der Waals surface area (Å²) in [6.45, 7) is -0.104. The summed E-state index contributed by atoms with van der Waals surface area (Å²) >= 11 is 5.62. The Bertz CT molecular complexity index is 1060. The van der Waals surface area contributed by atoms with Crippen molar-refractivity contribution in [3.63, 3.8) is 0 Å². The maximum Gasteiger partial charge on any atom is 0.417 e. The second kappa shape index (κ2) is 7.32. The molecule has 1 saturated heterocycles. The zero-order valence-corrected chi connectivity index (χ0v) is 15.5. The molecule has 0 spiro atoms. The number of anilines is 1. The normalized spacial score (nSPS) is 19.8. The van der Waals surface area contributed by atoms with Gasteiger partial charge < -0.3 is 20.3 Å². The van der Waals surface area contributed by atoms with E-state index in [2.05, 4.69) is 15.0 Å². The van der Waals surface area contributed by atoms with E-state index < -0.39 is 23.0 Å². The standard InChI is InChI=1S/C17H15ClF3N5O3/c18-11-3-1-8(5-10(11)17(19,20)21)29-16-24-14(22)13-15(25-16)26(7-23-13)12-4-2-9(6-27)28-12/h1,3,5,7,9,12,27H,2,4,6H2,(H2,22,24,25). The maximum absolute atomic E-state index is 13.1. The van der Waals surface area contributed by atoms with Gasteiger partial charge in [-0.3, -0.25) is 4.57 Å². The van der Waals surface area contributed by atoms with Crippen LogP contribution in [-0.4, -0.2) is 37.3 Å². The van der Waals surface area contributed by atoms with E-state index in [1.165, 1.54) is 12.4 Å². The Morgan fingerprint density at radius 1 is 1.31 bits per heavy atom. The molecule has 0 radical (unpaired) electrons. The van der Waals surface area contributed by atoms with Crippen LogP contribution in [0.15, 0.2) is 24.5 Å². The molecule has 4 rings (SSSR count). The summed E-state index contributed by atoms with van der Waals surface area (Å²) in [5.41, 5.74) is 5.49. The molecule has 1 aromatic carbocycles. The molecule has 0 aliphatic carbocycles. The molecule has 3 aromatic rings. The molecule has 1 fully saturated rings. The van der Waals surface area contributed by atoms with Gasteiger partial charge in [0.05, 0.1) is 29.6 Å². The van der Waals surface area contributed by atoms with E-state index in [0.717, 1.165) is 12.1 Å². The van der Waals surface area contributed by atoms with Crippen molar-refractivity contribution in [2.45, 2.75) is 31.3 Å². The Kier molecular flexibility index (Phi) is 4.97. The smallest absolute Gasteiger partial charge is 0.417 e. The SMILES string of the molecule is Nc1nc(Oc2ccc(Cl)c(C(F)(F)F)c2)nc2c1ncn2C1CCC(CO)O1. The van der Waals surface area contributed by atoms with Gasteiger partial charge in [0.1, 0.15) is 12.0 Å². The molecule has 154 valence electrons. The minimum absolute atomic E-state index is 0.00506. The summed E-state index contributed by atoms with van der Waals surface area (Å²) in [4.78, 5) is 12.4. The first-order valence-corrected chi connectivity index (χ1v) is 8.95. The molecule has 0 amide bonds. The van der Waals surface area contributed by atoms with Crippen LogP contribution in [0.1, 0.15) is 24.6 Å². The lowest BCUT2D eigenvalue weighted by molar-refractivity contribution is -0.137. The van der Waals surface area contributed by atoms with E-state index >= 15 is 0 Å². The van der Waals surface area contributed by atoms with E-state index in [9.17, 15) is 18.3 Å². The Labute approximate surface area is 167 Å². The number of aromatic nitrogens is 4. The van der Waals surface area contributed by atoms with Crippen molar-refractivity contribution < 1.29 is 27.8 Å². The molecule has 0 saturated carbocycles. The van der Waals surface area contributed by atoms with Crippen LogP contribution in [0.5, 0.6) is 11.8 Å². The zero-order valence-electron chi connectivity index (χ0n) is 14.7. The quantitative estimate of drug-likeness (QED) is 0.652. The number of fused-ring (bicyclic) bond motifs is 1. The number of hydrogen-bond donors (Lipinski definition) is 2. The van der Waals surface area contributed by atoms with Crippen LogP contribution in [-0.2, 0) is 10.9 Å². The van der Waals surface area contributed by atoms with Gasteiger partial charge in [-0.1, -0.05) is 11.6 Å². The molecule has 29 heavy (non-hydrogen) atoms. The first kappa shape index (κ1) is 19.7. The Morgan fingerprint density at radius 3 is 2.79 bits per heavy atom. The summed E-state index contributed by atoms with van der Waals surface area (Å²) < 4.78 is 51.9. The molecular formula is C17H15ClF3N5O3. The highest BCUT2D eigenvalue weighted by Gasteiger charge is 2.34. The third kappa shape index (κ3) is 3.80. The fourth-order valence-corrected chi connectivity index (χ4v) is 3.31. The Balaban J connectivity index is 1.68. The number of ether oxygens (including phenoxy) is 2. The summed E-state index contributed by atoms with van der Waals surface area (Å²) in [6.07, 6.45) is -2.57. The largest absolute Gasteiger partial charge is 0.424 e. The number of nitrogens with zero attached hydrogens (tertiary/aromatic N) is 4. The first-order valence-electron chi connectivity index (χ1n) is 8.57. The fourth-order valence-electron chi connectivity index (χ4n) is 3.09. The van der Waals surface area contributed by atoms with Gasteiger partial charge in [0.2, 0.25) is 0 Å². The lowest BCUT2D eigenvalue weighted by atomic mass is 10.2. The van der Waals surface area contributed by atoms with Gasteiger partial charge in [0.15, 0.2) is 17.0 Å². The molecule has 2 unspecified atom stereocenters. The van der Waals surface area contributed by atoms with Crippen molar-refractivity contribution in [2.24, 2.45) is 0 Å². The van der Waals surface area contributed by atoms with Gasteiger partial charge >= 0.3 is 12.2 Å². The second-order valence-electron chi connectivity index (χ2n) is 6.43. The predicted octanol–water partition coefficient (Wildman–Crippen LogP) is 3.54. The number of rotatable bonds is 4. The van der Waals surface area contributed by atoms with Crippen LogP contribution in [0.4, 0.5) is 19.0 Å². The van der Waals surface area contributed by atoms with E-state index in [4.69, 9.17) is 26.8 Å². The minimum Gasteiger partial charge on any atom is -0.424 e. The summed E-state index contributed by atoms with van der Waals surface area (Å²) in [5, 5.41) is 8.79. The number of nitrogens with two attached hydrogens (primary N) is 1. The number of aliphatic hydroxyl groups excluding tert-OH is 1. The van der Waals surface area contributed by atoms with Gasteiger partial charge in [-0.15, -0.1) is 0 Å². The summed E-state index contributed by atoms with van der Waals surface area (Å²) in [5.74, 6) is -0.144. The third-order valence-corrected chi connectivity index (χ3v) is 4.81. The maximum atomic E-state index is 13.1. The number of hydrogen-bond acceptors (Lipinski definition) is 7. The molecule has 0 bridgehead atoms. The number of benzene rings is 1. The molecule has 3 N–H and O–H groups in total. The van der Waals surface area contributed by atoms with Crippen molar-refractivity contribution in [1.82, 2.24) is 19.5 Å². The van der Waals surface area contributed by atoms with Crippen LogP contribution in [0.3, 0.4) is 0 Å². The van der Waals surface area contributed by atoms with Gasteiger partial charge in [0.25, 0.3) is 0 Å². The molecule has 3 heterocycles. The number of halogens is 4. The third-order valence-electron chi connectivity index (χ3n) is 4.48. The van der Waals surface area contributed by atoms with Crippen LogP contribution in [0.25, 0.3) is 11.2 Å². The highest BCUT2D eigenvalue weighted by molar-refractivity contribution is 6.31. The molecular weight excluding hydrogens is 415 g/mol. The average molecular weight is 430 g/mol. The Hall–Kier alpha value is -2.63. The van der Waals surface area contributed by atoms with Crippen molar-refractivity contribution in [3.05, 3.63) is 35.1 Å². The van der Waals surface area contributed by atoms with Crippen molar-refractivity contribution in [2.75, 3.05) is 12.3 Å². The molecule has 2 aromatic heterocycles. The van der Waals surface area contributed by atoms with E-state index in [-0.39, 0.29) is 30.3 Å².